The number of hydrogen-bond donors (Lipinski definition) is 0. The molecule has 0 unspecified atom stereocenters. The van der Waals surface area contributed by atoms with Crippen LogP contribution in [0.4, 0.5) is 0 Å². The molecule has 4 rings (SSSR count). The van der Waals surface area contributed by atoms with Gasteiger partial charge >= 0.3 is 0 Å². The fourth-order valence-electron chi connectivity index (χ4n) is 3.16. The molecule has 0 N–H and O–H groups in total. The van der Waals surface area contributed by atoms with Crippen molar-refractivity contribution in [1.29, 1.82) is 0 Å². The Balaban J connectivity index is 1.76. The zero-order valence-electron chi connectivity index (χ0n) is 14.0. The first kappa shape index (κ1) is 15.3. The summed E-state index contributed by atoms with van der Waals surface area (Å²) in [6.45, 7) is 1.77. The number of rotatable bonds is 2. The van der Waals surface area contributed by atoms with E-state index in [1.165, 1.54) is 7.05 Å². The van der Waals surface area contributed by atoms with Crippen molar-refractivity contribution in [2.45, 2.75) is 6.92 Å². The maximum Gasteiger partial charge on any atom is 0.263 e. The number of aryl methyl sites for hydroxylation is 1. The molecule has 2 heterocycles. The molecule has 0 saturated heterocycles. The lowest BCUT2D eigenvalue weighted by Gasteiger charge is -2.07. The van der Waals surface area contributed by atoms with Crippen molar-refractivity contribution in [2.75, 3.05) is 7.05 Å². The highest BCUT2D eigenvalue weighted by molar-refractivity contribution is 6.21. The molecule has 0 atom stereocenters. The van der Waals surface area contributed by atoms with Crippen molar-refractivity contribution < 1.29 is 9.59 Å². The molecule has 2 aromatic carbocycles. The van der Waals surface area contributed by atoms with E-state index in [-0.39, 0.29) is 11.8 Å². The minimum atomic E-state index is -0.282. The van der Waals surface area contributed by atoms with Gasteiger partial charge in [-0.05, 0) is 24.1 Å². The highest BCUT2D eigenvalue weighted by atomic mass is 16.2. The molecule has 25 heavy (non-hydrogen) atoms. The molecule has 4 nitrogen and oxygen atoms in total. The fourth-order valence-corrected chi connectivity index (χ4v) is 3.16. The lowest BCUT2D eigenvalue weighted by atomic mass is 10.0. The van der Waals surface area contributed by atoms with Crippen molar-refractivity contribution >= 4 is 11.8 Å². The smallest absolute Gasteiger partial charge is 0.263 e. The number of amides is 2. The van der Waals surface area contributed by atoms with E-state index in [0.29, 0.717) is 22.5 Å². The van der Waals surface area contributed by atoms with Crippen molar-refractivity contribution in [1.82, 2.24) is 9.88 Å². The molecule has 1 aromatic heterocycles. The summed E-state index contributed by atoms with van der Waals surface area (Å²) in [5, 5.41) is 0. The van der Waals surface area contributed by atoms with Crippen LogP contribution < -0.4 is 0 Å². The zero-order chi connectivity index (χ0) is 17.6. The van der Waals surface area contributed by atoms with Gasteiger partial charge in [0.15, 0.2) is 0 Å². The van der Waals surface area contributed by atoms with E-state index in [2.05, 4.69) is 17.1 Å². The predicted molar refractivity (Wildman–Crippen MR) is 96.3 cm³/mol. The maximum atomic E-state index is 12.3. The topological polar surface area (TPSA) is 50.3 Å². The van der Waals surface area contributed by atoms with Crippen LogP contribution >= 0.6 is 0 Å². The van der Waals surface area contributed by atoms with E-state index in [4.69, 9.17) is 0 Å². The Morgan fingerprint density at radius 3 is 2.08 bits per heavy atom. The molecule has 0 aliphatic carbocycles. The molecule has 0 bridgehead atoms. The van der Waals surface area contributed by atoms with E-state index < -0.39 is 0 Å². The molecule has 0 spiro atoms. The number of fused-ring (bicyclic) bond motifs is 1. The van der Waals surface area contributed by atoms with Crippen LogP contribution in [-0.4, -0.2) is 28.7 Å². The summed E-state index contributed by atoms with van der Waals surface area (Å²) in [6, 6.07) is 19.9. The van der Waals surface area contributed by atoms with E-state index in [0.717, 1.165) is 21.6 Å². The van der Waals surface area contributed by atoms with Gasteiger partial charge in [0.1, 0.15) is 0 Å². The average Bonchev–Trinajstić information content (AvgIpc) is 2.87. The SMILES string of the molecule is Cc1nc(-c2ccc(-c3ccccc3)cc2)cc2c1C(=O)N(C)C2=O. The molecule has 1 aliphatic heterocycles. The van der Waals surface area contributed by atoms with Crippen LogP contribution in [0.1, 0.15) is 26.4 Å². The standard InChI is InChI=1S/C21H16N2O2/c1-13-19-17(20(24)23(2)21(19)25)12-18(22-13)16-10-8-15(9-11-16)14-6-4-3-5-7-14/h3-12H,1-2H3. The predicted octanol–water partition coefficient (Wildman–Crippen LogP) is 3.95. The molecular formula is C21H16N2O2. The molecule has 0 saturated carbocycles. The van der Waals surface area contributed by atoms with E-state index in [1.807, 2.05) is 42.5 Å². The van der Waals surface area contributed by atoms with Crippen molar-refractivity contribution in [3.63, 3.8) is 0 Å². The van der Waals surface area contributed by atoms with Crippen LogP contribution in [-0.2, 0) is 0 Å². The van der Waals surface area contributed by atoms with Gasteiger partial charge in [-0.25, -0.2) is 0 Å². The monoisotopic (exact) mass is 328 g/mol. The number of benzene rings is 2. The van der Waals surface area contributed by atoms with Crippen molar-refractivity contribution in [3.8, 4) is 22.4 Å². The molecule has 3 aromatic rings. The minimum absolute atomic E-state index is 0.271. The van der Waals surface area contributed by atoms with Gasteiger partial charge < -0.3 is 0 Å². The Kier molecular flexibility index (Phi) is 3.46. The summed E-state index contributed by atoms with van der Waals surface area (Å²) < 4.78 is 0. The highest BCUT2D eigenvalue weighted by Gasteiger charge is 2.35. The van der Waals surface area contributed by atoms with Crippen molar-refractivity contribution in [3.05, 3.63) is 77.5 Å². The third-order valence-electron chi connectivity index (χ3n) is 4.54. The number of hydrogen-bond acceptors (Lipinski definition) is 3. The van der Waals surface area contributed by atoms with Crippen LogP contribution in [0.2, 0.25) is 0 Å². The number of pyridine rings is 1. The van der Waals surface area contributed by atoms with Crippen LogP contribution in [0, 0.1) is 6.92 Å². The minimum Gasteiger partial charge on any atom is -0.277 e. The van der Waals surface area contributed by atoms with Gasteiger partial charge in [0.25, 0.3) is 11.8 Å². The Hall–Kier alpha value is -3.27. The zero-order valence-corrected chi connectivity index (χ0v) is 14.0. The molecule has 122 valence electrons. The largest absolute Gasteiger partial charge is 0.277 e. The van der Waals surface area contributed by atoms with Crippen molar-refractivity contribution in [2.24, 2.45) is 0 Å². The van der Waals surface area contributed by atoms with Gasteiger partial charge in [-0.1, -0.05) is 54.6 Å². The highest BCUT2D eigenvalue weighted by Crippen LogP contribution is 2.29. The van der Waals surface area contributed by atoms with E-state index in [9.17, 15) is 9.59 Å². The Morgan fingerprint density at radius 1 is 0.800 bits per heavy atom. The second kappa shape index (κ2) is 5.67. The first-order valence-electron chi connectivity index (χ1n) is 8.06. The van der Waals surface area contributed by atoms with Gasteiger partial charge in [0.05, 0.1) is 22.5 Å². The fraction of sp³-hybridized carbons (Fsp3) is 0.0952. The summed E-state index contributed by atoms with van der Waals surface area (Å²) in [4.78, 5) is 30.1. The Bertz CT molecular complexity index is 992. The average molecular weight is 328 g/mol. The molecule has 0 radical (unpaired) electrons. The van der Waals surface area contributed by atoms with Gasteiger partial charge in [-0.3, -0.25) is 19.5 Å². The molecule has 0 fully saturated rings. The van der Waals surface area contributed by atoms with E-state index in [1.54, 1.807) is 13.0 Å². The number of aromatic nitrogens is 1. The van der Waals surface area contributed by atoms with Gasteiger partial charge in [-0.2, -0.15) is 0 Å². The van der Waals surface area contributed by atoms with Gasteiger partial charge in [0.2, 0.25) is 0 Å². The number of imide groups is 1. The van der Waals surface area contributed by atoms with Crippen LogP contribution in [0.3, 0.4) is 0 Å². The first-order valence-corrected chi connectivity index (χ1v) is 8.06. The Labute approximate surface area is 145 Å². The second-order valence-electron chi connectivity index (χ2n) is 6.13. The maximum absolute atomic E-state index is 12.3. The molecule has 4 heteroatoms. The second-order valence-corrected chi connectivity index (χ2v) is 6.13. The van der Waals surface area contributed by atoms with Crippen LogP contribution in [0.15, 0.2) is 60.7 Å². The van der Waals surface area contributed by atoms with E-state index >= 15 is 0 Å². The van der Waals surface area contributed by atoms with Gasteiger partial charge in [-0.15, -0.1) is 0 Å². The number of carbonyl (C=O) groups is 2. The third-order valence-corrected chi connectivity index (χ3v) is 4.54. The lowest BCUT2D eigenvalue weighted by molar-refractivity contribution is 0.0693. The quantitative estimate of drug-likeness (QED) is 0.669. The summed E-state index contributed by atoms with van der Waals surface area (Å²) in [5.74, 6) is -0.552. The molecular weight excluding hydrogens is 312 g/mol. The third kappa shape index (κ3) is 2.43. The summed E-state index contributed by atoms with van der Waals surface area (Å²) in [7, 11) is 1.50. The summed E-state index contributed by atoms with van der Waals surface area (Å²) in [5.41, 5.74) is 5.32. The van der Waals surface area contributed by atoms with Crippen LogP contribution in [0.25, 0.3) is 22.4 Å². The number of carbonyl (C=O) groups excluding carboxylic acids is 2. The van der Waals surface area contributed by atoms with Gasteiger partial charge in [0, 0.05) is 12.6 Å². The Morgan fingerprint density at radius 2 is 1.40 bits per heavy atom. The molecule has 2 amide bonds. The lowest BCUT2D eigenvalue weighted by Crippen LogP contribution is -2.24. The normalized spacial score (nSPS) is 13.3. The summed E-state index contributed by atoms with van der Waals surface area (Å²) in [6.07, 6.45) is 0. The molecule has 1 aliphatic rings. The summed E-state index contributed by atoms with van der Waals surface area (Å²) >= 11 is 0. The van der Waals surface area contributed by atoms with Crippen LogP contribution in [0.5, 0.6) is 0 Å². The number of nitrogens with zero attached hydrogens (tertiary/aromatic N) is 2. The first-order chi connectivity index (χ1) is 12.1.